The molecular weight excluding hydrogens is 262 g/mol. The molecule has 0 bridgehead atoms. The van der Waals surface area contributed by atoms with Gasteiger partial charge in [-0.2, -0.15) is 5.10 Å². The number of pyridine rings is 1. The zero-order chi connectivity index (χ0) is 11.0. The van der Waals surface area contributed by atoms with Crippen LogP contribution >= 0.6 is 15.9 Å². The molecule has 2 heterocycles. The standard InChI is InChI=1S/C9H8BrN3O2/c10-5-2-1-3-13-7(5)4-6(12-13)8(11)9(14)15/h1-4,8H,11H2,(H,14,15). The number of aromatic nitrogens is 2. The first-order chi connectivity index (χ1) is 7.09. The highest BCUT2D eigenvalue weighted by atomic mass is 79.9. The Morgan fingerprint density at radius 3 is 3.00 bits per heavy atom. The van der Waals surface area contributed by atoms with Gasteiger partial charge < -0.3 is 10.8 Å². The smallest absolute Gasteiger partial charge is 0.326 e. The number of hydrogen-bond acceptors (Lipinski definition) is 3. The Kier molecular flexibility index (Phi) is 2.45. The third kappa shape index (κ3) is 1.73. The van der Waals surface area contributed by atoms with Gasteiger partial charge in [-0.05, 0) is 34.1 Å². The Bertz CT molecular complexity index is 523. The monoisotopic (exact) mass is 269 g/mol. The second-order valence-corrected chi connectivity index (χ2v) is 3.93. The molecule has 0 fully saturated rings. The number of aliphatic carboxylic acids is 1. The summed E-state index contributed by atoms with van der Waals surface area (Å²) in [7, 11) is 0. The molecule has 2 rings (SSSR count). The lowest BCUT2D eigenvalue weighted by Crippen LogP contribution is -2.21. The van der Waals surface area contributed by atoms with Crippen LogP contribution in [0.15, 0.2) is 28.9 Å². The number of fused-ring (bicyclic) bond motifs is 1. The van der Waals surface area contributed by atoms with Crippen molar-refractivity contribution >= 4 is 27.4 Å². The van der Waals surface area contributed by atoms with E-state index in [2.05, 4.69) is 21.0 Å². The Morgan fingerprint density at radius 2 is 2.40 bits per heavy atom. The molecular formula is C9H8BrN3O2. The molecule has 1 unspecified atom stereocenters. The minimum absolute atomic E-state index is 0.342. The second kappa shape index (κ2) is 3.63. The molecule has 3 N–H and O–H groups in total. The van der Waals surface area contributed by atoms with Crippen LogP contribution in [0.25, 0.3) is 5.52 Å². The van der Waals surface area contributed by atoms with E-state index >= 15 is 0 Å². The lowest BCUT2D eigenvalue weighted by Gasteiger charge is -1.99. The van der Waals surface area contributed by atoms with Gasteiger partial charge in [0.05, 0.1) is 11.2 Å². The van der Waals surface area contributed by atoms with E-state index in [4.69, 9.17) is 10.8 Å². The molecule has 2 aromatic heterocycles. The van der Waals surface area contributed by atoms with Crippen LogP contribution in [0.1, 0.15) is 11.7 Å². The number of halogens is 1. The van der Waals surface area contributed by atoms with Gasteiger partial charge in [0.1, 0.15) is 6.04 Å². The average Bonchev–Trinajstić information content (AvgIpc) is 2.61. The summed E-state index contributed by atoms with van der Waals surface area (Å²) in [5, 5.41) is 12.8. The molecule has 78 valence electrons. The fraction of sp³-hybridized carbons (Fsp3) is 0.111. The molecule has 0 amide bonds. The van der Waals surface area contributed by atoms with Crippen molar-refractivity contribution in [3.05, 3.63) is 34.6 Å². The summed E-state index contributed by atoms with van der Waals surface area (Å²) in [6.07, 6.45) is 1.73. The fourth-order valence-electron chi connectivity index (χ4n) is 1.28. The fourth-order valence-corrected chi connectivity index (χ4v) is 1.73. The van der Waals surface area contributed by atoms with Crippen LogP contribution in [0.3, 0.4) is 0 Å². The van der Waals surface area contributed by atoms with Crippen molar-refractivity contribution in [3.8, 4) is 0 Å². The topological polar surface area (TPSA) is 80.6 Å². The van der Waals surface area contributed by atoms with Crippen LogP contribution in [-0.4, -0.2) is 20.7 Å². The van der Waals surface area contributed by atoms with E-state index < -0.39 is 12.0 Å². The average molecular weight is 270 g/mol. The largest absolute Gasteiger partial charge is 0.480 e. The van der Waals surface area contributed by atoms with E-state index in [9.17, 15) is 4.79 Å². The first kappa shape index (κ1) is 10.1. The lowest BCUT2D eigenvalue weighted by molar-refractivity contribution is -0.138. The number of hydrogen-bond donors (Lipinski definition) is 2. The van der Waals surface area contributed by atoms with Crippen LogP contribution in [0, 0.1) is 0 Å². The van der Waals surface area contributed by atoms with Crippen molar-refractivity contribution in [1.82, 2.24) is 9.61 Å². The van der Waals surface area contributed by atoms with Crippen LogP contribution < -0.4 is 5.73 Å². The van der Waals surface area contributed by atoms with Gasteiger partial charge >= 0.3 is 5.97 Å². The van der Waals surface area contributed by atoms with E-state index in [1.807, 2.05) is 6.07 Å². The highest BCUT2D eigenvalue weighted by Crippen LogP contribution is 2.20. The molecule has 0 saturated heterocycles. The van der Waals surface area contributed by atoms with Gasteiger partial charge in [0, 0.05) is 10.7 Å². The molecule has 0 aliphatic heterocycles. The van der Waals surface area contributed by atoms with Crippen molar-refractivity contribution in [2.45, 2.75) is 6.04 Å². The highest BCUT2D eigenvalue weighted by Gasteiger charge is 2.18. The normalized spacial score (nSPS) is 12.9. The first-order valence-corrected chi connectivity index (χ1v) is 5.01. The number of carboxylic acids is 1. The van der Waals surface area contributed by atoms with E-state index in [1.54, 1.807) is 22.8 Å². The van der Waals surface area contributed by atoms with Crippen LogP contribution in [0.4, 0.5) is 0 Å². The summed E-state index contributed by atoms with van der Waals surface area (Å²) in [6, 6.07) is 4.23. The Balaban J connectivity index is 2.56. The first-order valence-electron chi connectivity index (χ1n) is 4.22. The van der Waals surface area contributed by atoms with Crippen LogP contribution in [0.5, 0.6) is 0 Å². The minimum Gasteiger partial charge on any atom is -0.480 e. The maximum absolute atomic E-state index is 10.7. The predicted molar refractivity (Wildman–Crippen MR) is 57.5 cm³/mol. The maximum Gasteiger partial charge on any atom is 0.326 e. The summed E-state index contributed by atoms with van der Waals surface area (Å²) in [4.78, 5) is 10.7. The Labute approximate surface area is 93.6 Å². The molecule has 0 aromatic carbocycles. The van der Waals surface area contributed by atoms with Crippen LogP contribution in [0.2, 0.25) is 0 Å². The highest BCUT2D eigenvalue weighted by molar-refractivity contribution is 9.10. The molecule has 6 heteroatoms. The van der Waals surface area contributed by atoms with Crippen molar-refractivity contribution in [3.63, 3.8) is 0 Å². The summed E-state index contributed by atoms with van der Waals surface area (Å²) in [5.74, 6) is -1.09. The Hall–Kier alpha value is -1.40. The number of carbonyl (C=O) groups is 1. The number of nitrogens with two attached hydrogens (primary N) is 1. The molecule has 0 aliphatic rings. The van der Waals surface area contributed by atoms with Crippen molar-refractivity contribution < 1.29 is 9.90 Å². The number of carboxylic acid groups (broad SMARTS) is 1. The van der Waals surface area contributed by atoms with Crippen molar-refractivity contribution in [1.29, 1.82) is 0 Å². The number of rotatable bonds is 2. The van der Waals surface area contributed by atoms with E-state index in [-0.39, 0.29) is 0 Å². The molecule has 15 heavy (non-hydrogen) atoms. The van der Waals surface area contributed by atoms with Gasteiger partial charge in [0.2, 0.25) is 0 Å². The summed E-state index contributed by atoms with van der Waals surface area (Å²) >= 11 is 3.35. The van der Waals surface area contributed by atoms with E-state index in [0.717, 1.165) is 9.99 Å². The van der Waals surface area contributed by atoms with Gasteiger partial charge in [0.15, 0.2) is 0 Å². The van der Waals surface area contributed by atoms with Crippen molar-refractivity contribution in [2.75, 3.05) is 0 Å². The second-order valence-electron chi connectivity index (χ2n) is 3.07. The quantitative estimate of drug-likeness (QED) is 0.858. The maximum atomic E-state index is 10.7. The molecule has 0 radical (unpaired) electrons. The van der Waals surface area contributed by atoms with Gasteiger partial charge in [-0.3, -0.25) is 4.79 Å². The van der Waals surface area contributed by atoms with Crippen LogP contribution in [-0.2, 0) is 4.79 Å². The summed E-state index contributed by atoms with van der Waals surface area (Å²) in [5.41, 5.74) is 6.60. The van der Waals surface area contributed by atoms with Gasteiger partial charge in [-0.25, -0.2) is 4.52 Å². The number of nitrogens with zero attached hydrogens (tertiary/aromatic N) is 2. The summed E-state index contributed by atoms with van der Waals surface area (Å²) in [6.45, 7) is 0. The van der Waals surface area contributed by atoms with Gasteiger partial charge in [0.25, 0.3) is 0 Å². The lowest BCUT2D eigenvalue weighted by atomic mass is 10.2. The Morgan fingerprint density at radius 1 is 1.67 bits per heavy atom. The minimum atomic E-state index is -1.09. The third-order valence-electron chi connectivity index (χ3n) is 2.05. The van der Waals surface area contributed by atoms with Gasteiger partial charge in [-0.15, -0.1) is 0 Å². The zero-order valence-electron chi connectivity index (χ0n) is 7.59. The van der Waals surface area contributed by atoms with E-state index in [0.29, 0.717) is 5.69 Å². The summed E-state index contributed by atoms with van der Waals surface area (Å²) < 4.78 is 2.43. The van der Waals surface area contributed by atoms with Gasteiger partial charge in [-0.1, -0.05) is 0 Å². The molecule has 0 saturated carbocycles. The third-order valence-corrected chi connectivity index (χ3v) is 2.72. The molecule has 1 atom stereocenters. The molecule has 0 aliphatic carbocycles. The molecule has 2 aromatic rings. The predicted octanol–water partition coefficient (Wildman–Crippen LogP) is 1.18. The molecule has 0 spiro atoms. The zero-order valence-corrected chi connectivity index (χ0v) is 9.18. The van der Waals surface area contributed by atoms with Crippen molar-refractivity contribution in [2.24, 2.45) is 5.73 Å². The SMILES string of the molecule is NC(C(=O)O)c1cc2c(Br)cccn2n1. The van der Waals surface area contributed by atoms with E-state index in [1.165, 1.54) is 0 Å². The molecule has 5 nitrogen and oxygen atoms in total.